The second-order valence-electron chi connectivity index (χ2n) is 4.35. The molecule has 1 unspecified atom stereocenters. The van der Waals surface area contributed by atoms with Gasteiger partial charge in [0, 0.05) is 19.8 Å². The third-order valence-corrected chi connectivity index (χ3v) is 6.58. The van der Waals surface area contributed by atoms with E-state index in [2.05, 4.69) is 11.5 Å². The van der Waals surface area contributed by atoms with E-state index in [1.165, 1.54) is 0 Å². The van der Waals surface area contributed by atoms with Gasteiger partial charge in [-0.3, -0.25) is 0 Å². The summed E-state index contributed by atoms with van der Waals surface area (Å²) in [4.78, 5) is 0. The van der Waals surface area contributed by atoms with Gasteiger partial charge < -0.3 is 18.8 Å². The Morgan fingerprint density at radius 3 is 1.85 bits per heavy atom. The second kappa shape index (κ2) is 9.25. The maximum atomic E-state index is 5.99. The Morgan fingerprint density at radius 2 is 1.55 bits per heavy atom. The SMILES string of the molecule is CCO[Si](OCC)(OCC)C(CC)n1cc[n+](C)c1.[OH-]. The summed E-state index contributed by atoms with van der Waals surface area (Å²) in [5, 5.41) is 0. The highest BCUT2D eigenvalue weighted by molar-refractivity contribution is 6.61. The summed E-state index contributed by atoms with van der Waals surface area (Å²) in [7, 11) is -0.694. The zero-order valence-corrected chi connectivity index (χ0v) is 14.2. The molecule has 6 nitrogen and oxygen atoms in total. The number of rotatable bonds is 9. The average Bonchev–Trinajstić information content (AvgIpc) is 2.77. The van der Waals surface area contributed by atoms with E-state index < -0.39 is 8.80 Å². The molecule has 0 fully saturated rings. The third-order valence-electron chi connectivity index (χ3n) is 2.98. The van der Waals surface area contributed by atoms with Gasteiger partial charge in [0.2, 0.25) is 6.33 Å². The predicted molar refractivity (Wildman–Crippen MR) is 77.5 cm³/mol. The van der Waals surface area contributed by atoms with Gasteiger partial charge in [0.25, 0.3) is 0 Å². The molecule has 20 heavy (non-hydrogen) atoms. The highest BCUT2D eigenvalue weighted by atomic mass is 28.4. The fourth-order valence-electron chi connectivity index (χ4n) is 2.31. The molecule has 1 N–H and O–H groups in total. The minimum absolute atomic E-state index is 0. The van der Waals surface area contributed by atoms with Crippen molar-refractivity contribution in [2.45, 2.75) is 39.8 Å². The topological polar surface area (TPSA) is 66.5 Å². The van der Waals surface area contributed by atoms with E-state index in [4.69, 9.17) is 13.3 Å². The Bertz CT molecular complexity index is 356. The van der Waals surface area contributed by atoms with Gasteiger partial charge in [-0.1, -0.05) is 6.92 Å². The Morgan fingerprint density at radius 1 is 1.05 bits per heavy atom. The number of hydrogen-bond acceptors (Lipinski definition) is 4. The molecular weight excluding hydrogens is 276 g/mol. The van der Waals surface area contributed by atoms with Gasteiger partial charge in [0.1, 0.15) is 12.4 Å². The van der Waals surface area contributed by atoms with Crippen molar-refractivity contribution in [1.82, 2.24) is 4.57 Å². The van der Waals surface area contributed by atoms with Crippen LogP contribution in [0.3, 0.4) is 0 Å². The molecule has 7 heteroatoms. The van der Waals surface area contributed by atoms with Crippen LogP contribution < -0.4 is 4.57 Å². The van der Waals surface area contributed by atoms with Crippen LogP contribution in [-0.4, -0.2) is 38.7 Å². The molecule has 0 radical (unpaired) electrons. The van der Waals surface area contributed by atoms with Gasteiger partial charge in [0.15, 0.2) is 5.67 Å². The van der Waals surface area contributed by atoms with Crippen molar-refractivity contribution in [2.75, 3.05) is 19.8 Å². The van der Waals surface area contributed by atoms with Crippen molar-refractivity contribution in [3.05, 3.63) is 18.7 Å². The van der Waals surface area contributed by atoms with E-state index in [0.29, 0.717) is 19.8 Å². The van der Waals surface area contributed by atoms with Gasteiger partial charge in [-0.15, -0.1) is 0 Å². The molecule has 0 spiro atoms. The molecule has 0 aromatic carbocycles. The number of nitrogens with zero attached hydrogens (tertiary/aromatic N) is 2. The lowest BCUT2D eigenvalue weighted by Crippen LogP contribution is -2.53. The Hall–Kier alpha value is -0.733. The molecule has 1 aromatic heterocycles. The largest absolute Gasteiger partial charge is 0.870 e. The molecular formula is C13H28N2O4Si. The first-order valence-corrected chi connectivity index (χ1v) is 8.88. The minimum Gasteiger partial charge on any atom is -0.870 e. The molecule has 1 atom stereocenters. The highest BCUT2D eigenvalue weighted by Gasteiger charge is 2.52. The maximum absolute atomic E-state index is 5.99. The van der Waals surface area contributed by atoms with Crippen LogP contribution in [0, 0.1) is 0 Å². The van der Waals surface area contributed by atoms with Crippen molar-refractivity contribution in [1.29, 1.82) is 0 Å². The van der Waals surface area contributed by atoms with E-state index in [1.807, 2.05) is 51.1 Å². The monoisotopic (exact) mass is 304 g/mol. The van der Waals surface area contributed by atoms with Crippen molar-refractivity contribution in [2.24, 2.45) is 7.05 Å². The summed E-state index contributed by atoms with van der Waals surface area (Å²) in [6.07, 6.45) is 7.03. The summed E-state index contributed by atoms with van der Waals surface area (Å²) < 4.78 is 22.1. The number of aromatic nitrogens is 2. The van der Waals surface area contributed by atoms with Crippen LogP contribution in [0.15, 0.2) is 18.7 Å². The van der Waals surface area contributed by atoms with Gasteiger partial charge in [-0.05, 0) is 27.2 Å². The number of imidazole rings is 1. The van der Waals surface area contributed by atoms with Gasteiger partial charge in [-0.2, -0.15) is 0 Å². The smallest absolute Gasteiger partial charge is 0.548 e. The standard InChI is InChI=1S/C13H27N2O3Si.H2O/c1-6-13(15-11-10-14(5)12-15)19(16-7-2,17-8-3)18-9-4;/h10-13H,6-9H2,1-5H3;1H2/q+1;/p-1. The lowest BCUT2D eigenvalue weighted by Gasteiger charge is -2.32. The second-order valence-corrected chi connectivity index (χ2v) is 7.09. The van der Waals surface area contributed by atoms with E-state index >= 15 is 0 Å². The zero-order valence-electron chi connectivity index (χ0n) is 13.2. The van der Waals surface area contributed by atoms with Crippen LogP contribution in [0.5, 0.6) is 0 Å². The molecule has 1 rings (SSSR count). The van der Waals surface area contributed by atoms with E-state index in [9.17, 15) is 0 Å². The van der Waals surface area contributed by atoms with E-state index in [0.717, 1.165) is 6.42 Å². The molecule has 0 amide bonds. The molecule has 1 aromatic rings. The highest BCUT2D eigenvalue weighted by Crippen LogP contribution is 2.28. The first-order chi connectivity index (χ1) is 9.13. The Kier molecular flexibility index (Phi) is 8.91. The lowest BCUT2D eigenvalue weighted by atomic mass is 10.5. The van der Waals surface area contributed by atoms with Crippen molar-refractivity contribution < 1.29 is 23.3 Å². The summed E-state index contributed by atoms with van der Waals surface area (Å²) in [6.45, 7) is 9.93. The fraction of sp³-hybridized carbons (Fsp3) is 0.769. The maximum Gasteiger partial charge on any atom is 0.548 e. The van der Waals surface area contributed by atoms with Crippen molar-refractivity contribution >= 4 is 8.80 Å². The van der Waals surface area contributed by atoms with Crippen LogP contribution in [0.1, 0.15) is 39.8 Å². The first-order valence-electron chi connectivity index (χ1n) is 7.08. The van der Waals surface area contributed by atoms with Crippen LogP contribution >= 0.6 is 0 Å². The minimum atomic E-state index is -2.70. The summed E-state index contributed by atoms with van der Waals surface area (Å²) in [6, 6.07) is 0. The van der Waals surface area contributed by atoms with Gasteiger partial charge in [0.05, 0.1) is 7.05 Å². The summed E-state index contributed by atoms with van der Waals surface area (Å²) in [5.74, 6) is 0. The zero-order chi connectivity index (χ0) is 14.3. The first kappa shape index (κ1) is 19.3. The normalized spacial score (nSPS) is 13.1. The Labute approximate surface area is 123 Å². The van der Waals surface area contributed by atoms with Crippen LogP contribution in [0.4, 0.5) is 0 Å². The molecule has 118 valence electrons. The van der Waals surface area contributed by atoms with Crippen molar-refractivity contribution in [3.8, 4) is 0 Å². The molecule has 0 aliphatic rings. The molecule has 1 heterocycles. The molecule has 0 bridgehead atoms. The van der Waals surface area contributed by atoms with Crippen LogP contribution in [0.2, 0.25) is 0 Å². The number of aryl methyl sites for hydroxylation is 1. The molecule has 0 saturated heterocycles. The van der Waals surface area contributed by atoms with Crippen LogP contribution in [-0.2, 0) is 20.3 Å². The summed E-state index contributed by atoms with van der Waals surface area (Å²) in [5.41, 5.74) is 0.119. The van der Waals surface area contributed by atoms with Gasteiger partial charge >= 0.3 is 8.80 Å². The van der Waals surface area contributed by atoms with E-state index in [-0.39, 0.29) is 11.1 Å². The molecule has 0 saturated carbocycles. The molecule has 0 aliphatic carbocycles. The fourth-order valence-corrected chi connectivity index (χ4v) is 5.37. The lowest BCUT2D eigenvalue weighted by molar-refractivity contribution is -0.671. The number of hydrogen-bond donors (Lipinski definition) is 0. The predicted octanol–water partition coefficient (Wildman–Crippen LogP) is 1.67. The quantitative estimate of drug-likeness (QED) is 0.514. The average molecular weight is 304 g/mol. The Balaban J connectivity index is 0.00000361. The molecule has 0 aliphatic heterocycles. The van der Waals surface area contributed by atoms with Crippen LogP contribution in [0.25, 0.3) is 0 Å². The van der Waals surface area contributed by atoms with E-state index in [1.54, 1.807) is 0 Å². The van der Waals surface area contributed by atoms with Crippen molar-refractivity contribution in [3.63, 3.8) is 0 Å². The van der Waals surface area contributed by atoms with Gasteiger partial charge in [-0.25, -0.2) is 9.13 Å². The third kappa shape index (κ3) is 4.39. The summed E-state index contributed by atoms with van der Waals surface area (Å²) >= 11 is 0.